The Balaban J connectivity index is 1.31. The Morgan fingerprint density at radius 3 is 2.48 bits per heavy atom. The number of carbonyl (C=O) groups excluding carboxylic acids is 3. The molecule has 0 unspecified atom stereocenters. The van der Waals surface area contributed by atoms with Crippen LogP contribution < -0.4 is 11.1 Å². The number of rotatable bonds is 6. The number of fused-ring (bicyclic) bond motifs is 2. The van der Waals surface area contributed by atoms with Crippen molar-refractivity contribution in [2.24, 2.45) is 0 Å². The van der Waals surface area contributed by atoms with Crippen molar-refractivity contribution in [2.45, 2.75) is 69.4 Å². The number of likely N-dealkylation sites (tertiary alicyclic amines) is 2. The van der Waals surface area contributed by atoms with Crippen LogP contribution in [0.25, 0.3) is 0 Å². The van der Waals surface area contributed by atoms with Gasteiger partial charge in [0.05, 0.1) is 10.7 Å². The molecular weight excluding hydrogens is 554 g/mol. The van der Waals surface area contributed by atoms with Crippen molar-refractivity contribution in [3.63, 3.8) is 0 Å². The summed E-state index contributed by atoms with van der Waals surface area (Å²) in [5.74, 6) is -0.181. The monoisotopic (exact) mass is 595 g/mol. The van der Waals surface area contributed by atoms with Gasteiger partial charge in [-0.3, -0.25) is 9.59 Å². The van der Waals surface area contributed by atoms with Gasteiger partial charge >= 0.3 is 6.09 Å². The van der Waals surface area contributed by atoms with E-state index in [2.05, 4.69) is 30.4 Å². The molecular formula is C32H42ClN5O4. The summed E-state index contributed by atoms with van der Waals surface area (Å²) in [5, 5.41) is 3.41. The van der Waals surface area contributed by atoms with E-state index in [1.807, 2.05) is 36.1 Å². The van der Waals surface area contributed by atoms with Gasteiger partial charge in [0.15, 0.2) is 6.10 Å². The highest BCUT2D eigenvalue weighted by atomic mass is 35.5. The Morgan fingerprint density at radius 2 is 1.81 bits per heavy atom. The Kier molecular flexibility index (Phi) is 8.99. The van der Waals surface area contributed by atoms with E-state index >= 15 is 0 Å². The van der Waals surface area contributed by atoms with E-state index in [-0.39, 0.29) is 23.7 Å². The zero-order chi connectivity index (χ0) is 30.0. The van der Waals surface area contributed by atoms with E-state index in [1.54, 1.807) is 11.0 Å². The number of para-hydroxylation sites is 1. The van der Waals surface area contributed by atoms with E-state index < -0.39 is 12.2 Å². The number of nitrogens with one attached hydrogen (secondary N) is 1. The van der Waals surface area contributed by atoms with Crippen LogP contribution in [0.5, 0.6) is 0 Å². The highest BCUT2D eigenvalue weighted by Gasteiger charge is 2.44. The molecule has 1 spiro atoms. The third kappa shape index (κ3) is 6.22. The minimum Gasteiger partial charge on any atom is -0.436 e. The number of piperidine rings is 2. The smallest absolute Gasteiger partial charge is 0.410 e. The molecule has 2 aromatic rings. The minimum absolute atomic E-state index is 0.00188. The molecule has 0 bridgehead atoms. The van der Waals surface area contributed by atoms with Gasteiger partial charge in [-0.05, 0) is 75.0 Å². The quantitative estimate of drug-likeness (QED) is 0.478. The van der Waals surface area contributed by atoms with Crippen molar-refractivity contribution in [3.8, 4) is 0 Å². The number of nitrogens with zero attached hydrogens (tertiary/aromatic N) is 3. The SMILES string of the molecule is CCc1cc(C[C@@H](OC(=O)N2CCC3(CC2)CC(=O)Nc2ccccc23)C(=O)N2CCC(N(C)C)CC2)cc(Cl)c1N. The summed E-state index contributed by atoms with van der Waals surface area (Å²) in [6.45, 7) is 4.13. The summed E-state index contributed by atoms with van der Waals surface area (Å²) in [7, 11) is 4.12. The fourth-order valence-corrected chi connectivity index (χ4v) is 7.02. The third-order valence-electron chi connectivity index (χ3n) is 9.35. The van der Waals surface area contributed by atoms with Gasteiger partial charge in [0, 0.05) is 56.2 Å². The first-order chi connectivity index (χ1) is 20.1. The predicted molar refractivity (Wildman–Crippen MR) is 165 cm³/mol. The van der Waals surface area contributed by atoms with Crippen LogP contribution in [0.2, 0.25) is 5.02 Å². The number of benzene rings is 2. The first kappa shape index (κ1) is 30.2. The lowest BCUT2D eigenvalue weighted by atomic mass is 9.68. The number of halogens is 1. The maximum Gasteiger partial charge on any atom is 0.410 e. The highest BCUT2D eigenvalue weighted by Crippen LogP contribution is 2.45. The Bertz CT molecular complexity index is 1330. The van der Waals surface area contributed by atoms with Gasteiger partial charge in [-0.15, -0.1) is 0 Å². The van der Waals surface area contributed by atoms with Gasteiger partial charge in [-0.2, -0.15) is 0 Å². The normalized spacial score (nSPS) is 19.4. The standard InChI is InChI=1S/C32H42ClN5O4/c1-4-22-17-21(18-25(33)29(22)34)19-27(30(40)37-13-9-23(10-14-37)36(2)3)42-31(41)38-15-11-32(12-16-38)20-28(39)35-26-8-6-5-7-24(26)32/h5-8,17-18,23,27H,4,9-16,19-20,34H2,1-3H3,(H,35,39)/t27-/m1/s1. The van der Waals surface area contributed by atoms with Crippen molar-refractivity contribution in [1.82, 2.24) is 14.7 Å². The first-order valence-electron chi connectivity index (χ1n) is 15.0. The van der Waals surface area contributed by atoms with Gasteiger partial charge < -0.3 is 30.5 Å². The molecule has 3 amide bonds. The molecule has 0 saturated carbocycles. The molecule has 9 nitrogen and oxygen atoms in total. The number of hydrogen-bond donors (Lipinski definition) is 2. The molecule has 2 saturated heterocycles. The fourth-order valence-electron chi connectivity index (χ4n) is 6.76. The molecule has 0 radical (unpaired) electrons. The van der Waals surface area contributed by atoms with Crippen LogP contribution in [0.15, 0.2) is 36.4 Å². The van der Waals surface area contributed by atoms with Crippen molar-refractivity contribution in [2.75, 3.05) is 51.3 Å². The summed E-state index contributed by atoms with van der Waals surface area (Å²) in [6.07, 6.45) is 2.88. The number of ether oxygens (including phenoxy) is 1. The lowest BCUT2D eigenvalue weighted by Gasteiger charge is -2.44. The number of carbonyl (C=O) groups is 3. The Morgan fingerprint density at radius 1 is 1.12 bits per heavy atom. The summed E-state index contributed by atoms with van der Waals surface area (Å²) in [4.78, 5) is 45.6. The van der Waals surface area contributed by atoms with E-state index in [0.29, 0.717) is 68.6 Å². The highest BCUT2D eigenvalue weighted by molar-refractivity contribution is 6.33. The molecule has 1 atom stereocenters. The summed E-state index contributed by atoms with van der Waals surface area (Å²) in [5.41, 5.74) is 10.1. The number of nitrogens with two attached hydrogens (primary N) is 1. The maximum absolute atomic E-state index is 13.8. The zero-order valence-electron chi connectivity index (χ0n) is 24.8. The topological polar surface area (TPSA) is 108 Å². The average Bonchev–Trinajstić information content (AvgIpc) is 2.98. The average molecular weight is 596 g/mol. The van der Waals surface area contributed by atoms with Crippen LogP contribution >= 0.6 is 11.6 Å². The van der Waals surface area contributed by atoms with Crippen LogP contribution in [0.3, 0.4) is 0 Å². The van der Waals surface area contributed by atoms with Crippen molar-refractivity contribution >= 4 is 40.9 Å². The van der Waals surface area contributed by atoms with Gasteiger partial charge in [0.1, 0.15) is 0 Å². The molecule has 0 aliphatic carbocycles. The number of hydrogen-bond acceptors (Lipinski definition) is 6. The van der Waals surface area contributed by atoms with Crippen LogP contribution in [0.1, 0.15) is 55.7 Å². The second-order valence-corrected chi connectivity index (χ2v) is 12.5. The molecule has 42 heavy (non-hydrogen) atoms. The van der Waals surface area contributed by atoms with Crippen molar-refractivity contribution < 1.29 is 19.1 Å². The molecule has 2 fully saturated rings. The van der Waals surface area contributed by atoms with E-state index in [4.69, 9.17) is 22.1 Å². The van der Waals surface area contributed by atoms with Crippen LogP contribution in [0.4, 0.5) is 16.2 Å². The number of anilines is 2. The molecule has 5 rings (SSSR count). The van der Waals surface area contributed by atoms with Gasteiger partial charge in [0.2, 0.25) is 5.91 Å². The fraction of sp³-hybridized carbons (Fsp3) is 0.531. The van der Waals surface area contributed by atoms with Crippen LogP contribution in [0, 0.1) is 0 Å². The minimum atomic E-state index is -0.977. The van der Waals surface area contributed by atoms with Crippen molar-refractivity contribution in [3.05, 3.63) is 58.1 Å². The summed E-state index contributed by atoms with van der Waals surface area (Å²) < 4.78 is 6.02. The molecule has 3 heterocycles. The first-order valence-corrected chi connectivity index (χ1v) is 15.3. The molecule has 0 aromatic heterocycles. The van der Waals surface area contributed by atoms with E-state index in [9.17, 15) is 14.4 Å². The van der Waals surface area contributed by atoms with Crippen molar-refractivity contribution in [1.29, 1.82) is 0 Å². The van der Waals surface area contributed by atoms with Crippen LogP contribution in [-0.2, 0) is 32.6 Å². The van der Waals surface area contributed by atoms with Gasteiger partial charge in [0.25, 0.3) is 5.91 Å². The molecule has 3 N–H and O–H groups in total. The van der Waals surface area contributed by atoms with Crippen LogP contribution in [-0.4, -0.2) is 85.0 Å². The Hall–Kier alpha value is -3.30. The largest absolute Gasteiger partial charge is 0.436 e. The predicted octanol–water partition coefficient (Wildman–Crippen LogP) is 4.46. The number of nitrogen functional groups attached to an aromatic ring is 1. The molecule has 226 valence electrons. The zero-order valence-corrected chi connectivity index (χ0v) is 25.6. The van der Waals surface area contributed by atoms with E-state index in [1.165, 1.54) is 0 Å². The lowest BCUT2D eigenvalue weighted by Crippen LogP contribution is -2.52. The Labute approximate surface area is 253 Å². The second kappa shape index (κ2) is 12.5. The molecule has 10 heteroatoms. The number of aryl methyl sites for hydroxylation is 1. The molecule has 3 aliphatic rings. The molecule has 2 aromatic carbocycles. The molecule has 3 aliphatic heterocycles. The lowest BCUT2D eigenvalue weighted by molar-refractivity contribution is -0.142. The third-order valence-corrected chi connectivity index (χ3v) is 9.66. The van der Waals surface area contributed by atoms with Gasteiger partial charge in [-0.1, -0.05) is 42.8 Å². The second-order valence-electron chi connectivity index (χ2n) is 12.1. The van der Waals surface area contributed by atoms with Gasteiger partial charge in [-0.25, -0.2) is 4.79 Å². The summed E-state index contributed by atoms with van der Waals surface area (Å²) >= 11 is 6.43. The summed E-state index contributed by atoms with van der Waals surface area (Å²) in [6, 6.07) is 12.0. The maximum atomic E-state index is 13.8. The number of amides is 3. The van der Waals surface area contributed by atoms with E-state index in [0.717, 1.165) is 35.2 Å².